The van der Waals surface area contributed by atoms with Gasteiger partial charge >= 0.3 is 5.97 Å². The van der Waals surface area contributed by atoms with Gasteiger partial charge in [0.15, 0.2) is 10.9 Å². The molecule has 29 heavy (non-hydrogen) atoms. The minimum Gasteiger partial charge on any atom is -0.458 e. The minimum atomic E-state index is -0.287. The first-order valence-corrected chi connectivity index (χ1v) is 12.2. The number of thioether (sulfide) groups is 1. The van der Waals surface area contributed by atoms with E-state index < -0.39 is 0 Å². The van der Waals surface area contributed by atoms with E-state index in [4.69, 9.17) is 4.74 Å². The molecule has 1 saturated heterocycles. The van der Waals surface area contributed by atoms with Crippen molar-refractivity contribution in [1.29, 1.82) is 0 Å². The van der Waals surface area contributed by atoms with E-state index in [0.717, 1.165) is 44.9 Å². The SMILES string of the molecule is CC(=O)S[C@@H]1CC2=CC(=O)CC[C@]2(C)[C@@H]2CC[C@@]3(C)[C@H](CC[C@@]34CCC(=O)O4)[C@H]21. The summed E-state index contributed by atoms with van der Waals surface area (Å²) in [5.41, 5.74) is 1.09. The Morgan fingerprint density at radius 2 is 1.83 bits per heavy atom. The molecule has 1 aliphatic heterocycles. The van der Waals surface area contributed by atoms with Crippen molar-refractivity contribution in [1.82, 2.24) is 0 Å². The average molecular weight is 417 g/mol. The average Bonchev–Trinajstić information content (AvgIpc) is 3.17. The van der Waals surface area contributed by atoms with Crippen LogP contribution < -0.4 is 0 Å². The zero-order valence-corrected chi connectivity index (χ0v) is 18.6. The predicted molar refractivity (Wildman–Crippen MR) is 112 cm³/mol. The van der Waals surface area contributed by atoms with Gasteiger partial charge < -0.3 is 4.74 Å². The molecular weight excluding hydrogens is 384 g/mol. The van der Waals surface area contributed by atoms with Crippen molar-refractivity contribution in [3.63, 3.8) is 0 Å². The fourth-order valence-corrected chi connectivity index (χ4v) is 9.36. The summed E-state index contributed by atoms with van der Waals surface area (Å²) < 4.78 is 6.06. The van der Waals surface area contributed by atoms with E-state index in [1.165, 1.54) is 17.3 Å². The lowest BCUT2D eigenvalue weighted by atomic mass is 9.46. The van der Waals surface area contributed by atoms with E-state index in [1.807, 2.05) is 6.08 Å². The van der Waals surface area contributed by atoms with Crippen LogP contribution in [0.3, 0.4) is 0 Å². The van der Waals surface area contributed by atoms with E-state index in [1.54, 1.807) is 6.92 Å². The summed E-state index contributed by atoms with van der Waals surface area (Å²) in [7, 11) is 0. The first kappa shape index (κ1) is 19.8. The molecule has 3 saturated carbocycles. The van der Waals surface area contributed by atoms with E-state index in [9.17, 15) is 14.4 Å². The van der Waals surface area contributed by atoms with Gasteiger partial charge in [0, 0.05) is 30.4 Å². The molecule has 4 aliphatic carbocycles. The second-order valence-corrected chi connectivity index (χ2v) is 12.1. The quantitative estimate of drug-likeness (QED) is 0.572. The second-order valence-electron chi connectivity index (χ2n) is 10.7. The first-order valence-electron chi connectivity index (χ1n) is 11.3. The van der Waals surface area contributed by atoms with Gasteiger partial charge in [-0.25, -0.2) is 0 Å². The number of fused-ring (bicyclic) bond motifs is 6. The lowest BCUT2D eigenvalue weighted by molar-refractivity contribution is -0.167. The number of hydrogen-bond acceptors (Lipinski definition) is 5. The van der Waals surface area contributed by atoms with Gasteiger partial charge in [-0.3, -0.25) is 14.4 Å². The fourth-order valence-electron chi connectivity index (χ4n) is 8.13. The molecule has 0 aromatic heterocycles. The molecular formula is C24H32O4S. The maximum Gasteiger partial charge on any atom is 0.306 e. The van der Waals surface area contributed by atoms with Crippen LogP contribution >= 0.6 is 11.8 Å². The Morgan fingerprint density at radius 3 is 2.52 bits per heavy atom. The number of esters is 1. The summed E-state index contributed by atoms with van der Waals surface area (Å²) >= 11 is 1.50. The topological polar surface area (TPSA) is 60.4 Å². The van der Waals surface area contributed by atoms with Crippen LogP contribution in [0.4, 0.5) is 0 Å². The third-order valence-electron chi connectivity index (χ3n) is 9.61. The van der Waals surface area contributed by atoms with E-state index in [-0.39, 0.29) is 38.5 Å². The summed E-state index contributed by atoms with van der Waals surface area (Å²) in [5, 5.41) is 0.409. The van der Waals surface area contributed by atoms with Crippen LogP contribution in [0.5, 0.6) is 0 Å². The van der Waals surface area contributed by atoms with Crippen molar-refractivity contribution in [2.75, 3.05) is 0 Å². The normalized spacial score (nSPS) is 48.6. The van der Waals surface area contributed by atoms with Gasteiger partial charge in [-0.05, 0) is 74.2 Å². The molecule has 0 N–H and O–H groups in total. The van der Waals surface area contributed by atoms with Crippen molar-refractivity contribution in [2.24, 2.45) is 28.6 Å². The van der Waals surface area contributed by atoms with Crippen LogP contribution in [0.15, 0.2) is 11.6 Å². The van der Waals surface area contributed by atoms with Crippen LogP contribution in [0, 0.1) is 28.6 Å². The number of ether oxygens (including phenoxy) is 1. The Hall–Kier alpha value is -1.10. The third kappa shape index (κ3) is 2.68. The van der Waals surface area contributed by atoms with Gasteiger partial charge in [0.05, 0.1) is 0 Å². The highest BCUT2D eigenvalue weighted by Gasteiger charge is 2.68. The van der Waals surface area contributed by atoms with Crippen LogP contribution in [-0.4, -0.2) is 27.7 Å². The standard InChI is InChI=1S/C24H32O4S/c1-14(25)29-19-13-15-12-16(26)4-8-22(15,2)17-5-9-23(3)18(21(17)19)6-10-24(23)11-7-20(27)28-24/h12,17-19,21H,4-11,13H2,1-3H3/t17-,18-,19-,21+,22+,23+,24-/m1/s1. The molecule has 1 spiro atoms. The second kappa shape index (κ2) is 6.45. The Balaban J connectivity index is 1.56. The molecule has 4 fully saturated rings. The lowest BCUT2D eigenvalue weighted by Gasteiger charge is -2.61. The number of hydrogen-bond donors (Lipinski definition) is 0. The van der Waals surface area contributed by atoms with Gasteiger partial charge in [-0.2, -0.15) is 0 Å². The Bertz CT molecular complexity index is 818. The molecule has 0 bridgehead atoms. The highest BCUT2D eigenvalue weighted by atomic mass is 32.2. The summed E-state index contributed by atoms with van der Waals surface area (Å²) in [6.45, 7) is 6.42. The van der Waals surface area contributed by atoms with Gasteiger partial charge in [0.1, 0.15) is 5.60 Å². The highest BCUT2D eigenvalue weighted by molar-refractivity contribution is 8.14. The monoisotopic (exact) mass is 416 g/mol. The molecule has 5 aliphatic rings. The summed E-state index contributed by atoms with van der Waals surface area (Å²) in [4.78, 5) is 36.4. The van der Waals surface area contributed by atoms with Crippen molar-refractivity contribution in [3.8, 4) is 0 Å². The largest absolute Gasteiger partial charge is 0.458 e. The number of carbonyl (C=O) groups excluding carboxylic acids is 3. The van der Waals surface area contributed by atoms with Gasteiger partial charge in [-0.1, -0.05) is 31.2 Å². The maximum atomic E-state index is 12.2. The van der Waals surface area contributed by atoms with E-state index in [2.05, 4.69) is 13.8 Å². The lowest BCUT2D eigenvalue weighted by Crippen LogP contribution is -2.57. The number of allylic oxidation sites excluding steroid dienone is 1. The molecule has 158 valence electrons. The van der Waals surface area contributed by atoms with E-state index in [0.29, 0.717) is 30.6 Å². The molecule has 1 heterocycles. The molecule has 7 atom stereocenters. The third-order valence-corrected chi connectivity index (χ3v) is 10.7. The summed E-state index contributed by atoms with van der Waals surface area (Å²) in [6, 6.07) is 0. The number of ketones is 1. The number of carbonyl (C=O) groups is 3. The van der Waals surface area contributed by atoms with Crippen LogP contribution in [0.1, 0.15) is 78.6 Å². The van der Waals surface area contributed by atoms with E-state index >= 15 is 0 Å². The maximum absolute atomic E-state index is 12.2. The number of rotatable bonds is 1. The van der Waals surface area contributed by atoms with Crippen LogP contribution in [-0.2, 0) is 19.1 Å². The molecule has 0 amide bonds. The van der Waals surface area contributed by atoms with Crippen LogP contribution in [0.25, 0.3) is 0 Å². The smallest absolute Gasteiger partial charge is 0.306 e. The fraction of sp³-hybridized carbons (Fsp3) is 0.792. The van der Waals surface area contributed by atoms with Crippen molar-refractivity contribution in [2.45, 2.75) is 89.4 Å². The predicted octanol–water partition coefficient (Wildman–Crippen LogP) is 4.85. The molecule has 4 nitrogen and oxygen atoms in total. The Labute approximate surface area is 177 Å². The molecule has 0 aromatic rings. The summed E-state index contributed by atoms with van der Waals surface area (Å²) in [5.74, 6) is 1.67. The molecule has 5 heteroatoms. The van der Waals surface area contributed by atoms with Crippen molar-refractivity contribution < 1.29 is 19.1 Å². The van der Waals surface area contributed by atoms with Crippen molar-refractivity contribution in [3.05, 3.63) is 11.6 Å². The molecule has 0 aromatic carbocycles. The van der Waals surface area contributed by atoms with Gasteiger partial charge in [0.25, 0.3) is 0 Å². The molecule has 0 radical (unpaired) electrons. The van der Waals surface area contributed by atoms with Gasteiger partial charge in [-0.15, -0.1) is 0 Å². The van der Waals surface area contributed by atoms with Gasteiger partial charge in [0.2, 0.25) is 0 Å². The van der Waals surface area contributed by atoms with Crippen molar-refractivity contribution >= 4 is 28.6 Å². The zero-order chi connectivity index (χ0) is 20.6. The Kier molecular flexibility index (Phi) is 4.41. The Morgan fingerprint density at radius 1 is 1.07 bits per heavy atom. The zero-order valence-electron chi connectivity index (χ0n) is 17.8. The first-order chi connectivity index (χ1) is 13.7. The molecule has 0 unspecified atom stereocenters. The summed E-state index contributed by atoms with van der Waals surface area (Å²) in [6.07, 6.45) is 10.0. The molecule has 5 rings (SSSR count). The van der Waals surface area contributed by atoms with Crippen LogP contribution in [0.2, 0.25) is 0 Å². The minimum absolute atomic E-state index is 0.0119. The highest BCUT2D eigenvalue weighted by Crippen LogP contribution is 2.70.